The number of fused-ring (bicyclic) bond motifs is 3. The summed E-state index contributed by atoms with van der Waals surface area (Å²) in [6, 6.07) is 6.71. The van der Waals surface area contributed by atoms with Crippen LogP contribution in [0, 0.1) is 16.6 Å². The maximum atomic E-state index is 13.2. The van der Waals surface area contributed by atoms with E-state index in [2.05, 4.69) is 11.8 Å². The van der Waals surface area contributed by atoms with Gasteiger partial charge in [-0.15, -0.1) is 11.8 Å². The highest BCUT2D eigenvalue weighted by molar-refractivity contribution is 8.00. The second-order valence-electron chi connectivity index (χ2n) is 8.32. The molecule has 0 N–H and O–H groups in total. The summed E-state index contributed by atoms with van der Waals surface area (Å²) in [5.74, 6) is 0.231. The molecule has 1 amide bonds. The van der Waals surface area contributed by atoms with Gasteiger partial charge in [-0.3, -0.25) is 4.79 Å². The SMILES string of the molecule is CC12CCC(C(=O)N3CCC(Sc4ccc(F)cc4)C3)(CC1)CC2. The lowest BCUT2D eigenvalue weighted by atomic mass is 9.54. The van der Waals surface area contributed by atoms with E-state index >= 15 is 0 Å². The highest BCUT2D eigenvalue weighted by Gasteiger charge is 2.52. The Kier molecular flexibility index (Phi) is 4.14. The zero-order chi connectivity index (χ0) is 16.8. The fourth-order valence-electron chi connectivity index (χ4n) is 4.74. The number of amides is 1. The van der Waals surface area contributed by atoms with Gasteiger partial charge in [0.05, 0.1) is 0 Å². The molecule has 1 unspecified atom stereocenters. The molecule has 4 heteroatoms. The van der Waals surface area contributed by atoms with Crippen LogP contribution in [0.5, 0.6) is 0 Å². The predicted octanol–water partition coefficient (Wildman–Crippen LogP) is 4.88. The first kappa shape index (κ1) is 16.4. The van der Waals surface area contributed by atoms with E-state index in [1.807, 2.05) is 12.1 Å². The van der Waals surface area contributed by atoms with Gasteiger partial charge >= 0.3 is 0 Å². The first-order valence-corrected chi connectivity index (χ1v) is 10.1. The van der Waals surface area contributed by atoms with E-state index in [-0.39, 0.29) is 11.2 Å². The van der Waals surface area contributed by atoms with Gasteiger partial charge in [-0.2, -0.15) is 0 Å². The van der Waals surface area contributed by atoms with Crippen LogP contribution < -0.4 is 0 Å². The molecule has 2 nitrogen and oxygen atoms in total. The number of carbonyl (C=O) groups excluding carboxylic acids is 1. The van der Waals surface area contributed by atoms with E-state index in [0.717, 1.165) is 43.7 Å². The Morgan fingerprint density at radius 2 is 1.75 bits per heavy atom. The standard InChI is InChI=1S/C20H26FNOS/c1-19-7-10-20(11-8-19,12-9-19)18(23)22-13-6-17(14-22)24-16-4-2-15(21)3-5-16/h2-5,17H,6-14H2,1H3. The molecule has 1 heterocycles. The van der Waals surface area contributed by atoms with E-state index in [1.54, 1.807) is 11.8 Å². The highest BCUT2D eigenvalue weighted by atomic mass is 32.2. The molecule has 1 aromatic rings. The Bertz CT molecular complexity index is 605. The minimum absolute atomic E-state index is 0.0484. The van der Waals surface area contributed by atoms with Crippen LogP contribution in [0.15, 0.2) is 29.2 Å². The van der Waals surface area contributed by atoms with Crippen molar-refractivity contribution in [1.29, 1.82) is 0 Å². The van der Waals surface area contributed by atoms with Crippen molar-refractivity contribution in [3.05, 3.63) is 30.1 Å². The Morgan fingerprint density at radius 3 is 2.38 bits per heavy atom. The normalized spacial score (nSPS) is 35.4. The van der Waals surface area contributed by atoms with Gasteiger partial charge in [-0.1, -0.05) is 6.92 Å². The third-order valence-corrected chi connectivity index (χ3v) is 7.89. The molecule has 4 fully saturated rings. The molecular formula is C20H26FNOS. The maximum absolute atomic E-state index is 13.2. The molecule has 3 saturated carbocycles. The number of hydrogen-bond acceptors (Lipinski definition) is 2. The Balaban J connectivity index is 1.38. The van der Waals surface area contributed by atoms with Crippen molar-refractivity contribution in [2.75, 3.05) is 13.1 Å². The lowest BCUT2D eigenvalue weighted by Crippen LogP contribution is -2.50. The van der Waals surface area contributed by atoms with Crippen molar-refractivity contribution in [3.63, 3.8) is 0 Å². The third kappa shape index (κ3) is 2.98. The van der Waals surface area contributed by atoms with E-state index in [0.29, 0.717) is 16.6 Å². The van der Waals surface area contributed by atoms with Crippen LogP contribution in [0.1, 0.15) is 51.9 Å². The lowest BCUT2D eigenvalue weighted by molar-refractivity contribution is -0.150. The van der Waals surface area contributed by atoms with Crippen molar-refractivity contribution >= 4 is 17.7 Å². The van der Waals surface area contributed by atoms with Gasteiger partial charge in [0.2, 0.25) is 5.91 Å². The third-order valence-electron chi connectivity index (χ3n) is 6.62. The number of likely N-dealkylation sites (tertiary alicyclic amines) is 1. The number of benzene rings is 1. The summed E-state index contributed by atoms with van der Waals surface area (Å²) in [6.07, 6.45) is 7.99. The first-order valence-electron chi connectivity index (χ1n) is 9.20. The summed E-state index contributed by atoms with van der Waals surface area (Å²) in [6.45, 7) is 4.13. The van der Waals surface area contributed by atoms with Gasteiger partial charge in [0.1, 0.15) is 5.82 Å². The highest BCUT2D eigenvalue weighted by Crippen LogP contribution is 2.57. The molecule has 130 valence electrons. The number of carbonyl (C=O) groups is 1. The van der Waals surface area contributed by atoms with E-state index in [9.17, 15) is 9.18 Å². The summed E-state index contributed by atoms with van der Waals surface area (Å²) >= 11 is 1.78. The molecule has 3 aliphatic carbocycles. The fourth-order valence-corrected chi connectivity index (χ4v) is 5.90. The van der Waals surface area contributed by atoms with Crippen molar-refractivity contribution in [2.45, 2.75) is 62.0 Å². The summed E-state index contributed by atoms with van der Waals surface area (Å²) < 4.78 is 13.0. The number of hydrogen-bond donors (Lipinski definition) is 0. The largest absolute Gasteiger partial charge is 0.341 e. The minimum Gasteiger partial charge on any atom is -0.341 e. The van der Waals surface area contributed by atoms with E-state index < -0.39 is 0 Å². The summed E-state index contributed by atoms with van der Waals surface area (Å²) in [4.78, 5) is 16.4. The summed E-state index contributed by atoms with van der Waals surface area (Å²) in [5, 5.41) is 0.438. The maximum Gasteiger partial charge on any atom is 0.228 e. The molecule has 2 bridgehead atoms. The molecule has 1 aromatic carbocycles. The number of nitrogens with zero attached hydrogens (tertiary/aromatic N) is 1. The van der Waals surface area contributed by atoms with Crippen LogP contribution in [0.2, 0.25) is 0 Å². The molecule has 5 rings (SSSR count). The van der Waals surface area contributed by atoms with Crippen LogP contribution >= 0.6 is 11.8 Å². The number of thioether (sulfide) groups is 1. The molecule has 0 spiro atoms. The number of halogens is 1. The predicted molar refractivity (Wildman–Crippen MR) is 95.5 cm³/mol. The van der Waals surface area contributed by atoms with Crippen LogP contribution in [0.25, 0.3) is 0 Å². The minimum atomic E-state index is -0.191. The second-order valence-corrected chi connectivity index (χ2v) is 9.70. The molecule has 0 aromatic heterocycles. The molecule has 1 aliphatic heterocycles. The molecule has 24 heavy (non-hydrogen) atoms. The first-order chi connectivity index (χ1) is 11.5. The Hall–Kier alpha value is -1.03. The zero-order valence-corrected chi connectivity index (χ0v) is 15.2. The molecule has 0 radical (unpaired) electrons. The van der Waals surface area contributed by atoms with Gasteiger partial charge in [-0.05, 0) is 74.6 Å². The van der Waals surface area contributed by atoms with Crippen LogP contribution in [0.4, 0.5) is 4.39 Å². The zero-order valence-electron chi connectivity index (χ0n) is 14.4. The van der Waals surface area contributed by atoms with Crippen molar-refractivity contribution in [2.24, 2.45) is 10.8 Å². The van der Waals surface area contributed by atoms with Crippen molar-refractivity contribution < 1.29 is 9.18 Å². The van der Waals surface area contributed by atoms with Crippen LogP contribution in [-0.4, -0.2) is 29.1 Å². The quantitative estimate of drug-likeness (QED) is 0.777. The van der Waals surface area contributed by atoms with Gasteiger partial charge in [0.25, 0.3) is 0 Å². The van der Waals surface area contributed by atoms with Crippen molar-refractivity contribution in [3.8, 4) is 0 Å². The van der Waals surface area contributed by atoms with Crippen LogP contribution in [-0.2, 0) is 4.79 Å². The number of rotatable bonds is 3. The van der Waals surface area contributed by atoms with Crippen molar-refractivity contribution in [1.82, 2.24) is 4.90 Å². The lowest BCUT2D eigenvalue weighted by Gasteiger charge is -2.52. The summed E-state index contributed by atoms with van der Waals surface area (Å²) in [5.41, 5.74) is 0.460. The smallest absolute Gasteiger partial charge is 0.228 e. The average Bonchev–Trinajstić information content (AvgIpc) is 3.06. The second kappa shape index (κ2) is 6.05. The average molecular weight is 347 g/mol. The van der Waals surface area contributed by atoms with Gasteiger partial charge in [0, 0.05) is 28.6 Å². The fraction of sp³-hybridized carbons (Fsp3) is 0.650. The summed E-state index contributed by atoms with van der Waals surface area (Å²) in [7, 11) is 0. The molecule has 1 saturated heterocycles. The monoisotopic (exact) mass is 347 g/mol. The van der Waals surface area contributed by atoms with Gasteiger partial charge in [-0.25, -0.2) is 4.39 Å². The molecule has 4 aliphatic rings. The molecular weight excluding hydrogens is 321 g/mol. The molecule has 1 atom stereocenters. The topological polar surface area (TPSA) is 20.3 Å². The Morgan fingerprint density at radius 1 is 1.12 bits per heavy atom. The van der Waals surface area contributed by atoms with E-state index in [1.165, 1.54) is 31.4 Å². The van der Waals surface area contributed by atoms with Gasteiger partial charge in [0.15, 0.2) is 0 Å². The van der Waals surface area contributed by atoms with Gasteiger partial charge < -0.3 is 4.90 Å². The Labute approximate surface area is 148 Å². The van der Waals surface area contributed by atoms with E-state index in [4.69, 9.17) is 0 Å². The van der Waals surface area contributed by atoms with Crippen LogP contribution in [0.3, 0.4) is 0 Å².